The first-order valence-electron chi connectivity index (χ1n) is 5.76. The number of aromatic carboxylic acids is 1. The lowest BCUT2D eigenvalue weighted by atomic mass is 9.97. The van der Waals surface area contributed by atoms with E-state index in [1.54, 1.807) is 0 Å². The molecule has 0 amide bonds. The lowest BCUT2D eigenvalue weighted by molar-refractivity contribution is 0.0649. The van der Waals surface area contributed by atoms with Gasteiger partial charge in [-0.25, -0.2) is 9.78 Å². The van der Waals surface area contributed by atoms with Crippen molar-refractivity contribution in [3.05, 3.63) is 11.1 Å². The zero-order chi connectivity index (χ0) is 12.1. The number of rotatable bonds is 5. The molecule has 0 bridgehead atoms. The molecule has 2 heterocycles. The van der Waals surface area contributed by atoms with Crippen LogP contribution in [0.15, 0.2) is 6.20 Å². The largest absolute Gasteiger partial charge is 0.477 e. The van der Waals surface area contributed by atoms with E-state index in [4.69, 9.17) is 9.84 Å². The molecule has 94 valence electrons. The minimum Gasteiger partial charge on any atom is -0.477 e. The summed E-state index contributed by atoms with van der Waals surface area (Å²) in [6.45, 7) is 2.58. The number of carboxylic acid groups (broad SMARTS) is 1. The van der Waals surface area contributed by atoms with Crippen LogP contribution in [-0.4, -0.2) is 35.8 Å². The zero-order valence-electron chi connectivity index (χ0n) is 9.52. The average Bonchev–Trinajstić information content (AvgIpc) is 2.79. The first-order chi connectivity index (χ1) is 8.25. The molecule has 0 spiro atoms. The summed E-state index contributed by atoms with van der Waals surface area (Å²) in [5.41, 5.74) is 0. The SMILES string of the molecule is O=C(O)c1cnc(NCCC2CCOCC2)s1. The summed E-state index contributed by atoms with van der Waals surface area (Å²) in [6, 6.07) is 0. The third kappa shape index (κ3) is 3.67. The van der Waals surface area contributed by atoms with Crippen LogP contribution in [0, 0.1) is 5.92 Å². The van der Waals surface area contributed by atoms with Crippen molar-refractivity contribution < 1.29 is 14.6 Å². The summed E-state index contributed by atoms with van der Waals surface area (Å²) in [6.07, 6.45) is 4.73. The molecule has 0 unspecified atom stereocenters. The second-order valence-electron chi connectivity index (χ2n) is 4.11. The first kappa shape index (κ1) is 12.3. The molecule has 0 aliphatic carbocycles. The molecule has 17 heavy (non-hydrogen) atoms. The minimum absolute atomic E-state index is 0.276. The predicted octanol–water partition coefficient (Wildman–Crippen LogP) is 2.07. The van der Waals surface area contributed by atoms with Crippen molar-refractivity contribution in [1.29, 1.82) is 0 Å². The lowest BCUT2D eigenvalue weighted by Crippen LogP contribution is -2.18. The summed E-state index contributed by atoms with van der Waals surface area (Å²) in [4.78, 5) is 15.0. The molecule has 1 saturated heterocycles. The van der Waals surface area contributed by atoms with Crippen molar-refractivity contribution in [2.75, 3.05) is 25.1 Å². The second-order valence-corrected chi connectivity index (χ2v) is 5.14. The Morgan fingerprint density at radius 2 is 2.35 bits per heavy atom. The Bertz CT molecular complexity index is 375. The third-order valence-corrected chi connectivity index (χ3v) is 3.83. The van der Waals surface area contributed by atoms with Gasteiger partial charge in [0.05, 0.1) is 6.20 Å². The van der Waals surface area contributed by atoms with E-state index >= 15 is 0 Å². The van der Waals surface area contributed by atoms with Crippen LogP contribution in [0.2, 0.25) is 0 Å². The van der Waals surface area contributed by atoms with E-state index in [0.29, 0.717) is 5.13 Å². The van der Waals surface area contributed by atoms with Gasteiger partial charge in [0, 0.05) is 19.8 Å². The van der Waals surface area contributed by atoms with Crippen LogP contribution < -0.4 is 5.32 Å². The van der Waals surface area contributed by atoms with E-state index in [1.165, 1.54) is 17.5 Å². The topological polar surface area (TPSA) is 71.5 Å². The fourth-order valence-electron chi connectivity index (χ4n) is 1.87. The Labute approximate surface area is 104 Å². The number of nitrogens with one attached hydrogen (secondary N) is 1. The van der Waals surface area contributed by atoms with Gasteiger partial charge in [-0.2, -0.15) is 0 Å². The monoisotopic (exact) mass is 256 g/mol. The van der Waals surface area contributed by atoms with E-state index < -0.39 is 5.97 Å². The van der Waals surface area contributed by atoms with Gasteiger partial charge in [-0.05, 0) is 25.2 Å². The first-order valence-corrected chi connectivity index (χ1v) is 6.58. The summed E-state index contributed by atoms with van der Waals surface area (Å²) in [5, 5.41) is 12.6. The van der Waals surface area contributed by atoms with Gasteiger partial charge in [-0.3, -0.25) is 0 Å². The number of carbonyl (C=O) groups is 1. The average molecular weight is 256 g/mol. The predicted molar refractivity (Wildman–Crippen MR) is 65.7 cm³/mol. The molecule has 6 heteroatoms. The molecule has 1 aromatic heterocycles. The Morgan fingerprint density at radius 1 is 1.59 bits per heavy atom. The normalized spacial score (nSPS) is 16.9. The molecular formula is C11H16N2O3S. The molecule has 0 saturated carbocycles. The molecule has 1 aliphatic rings. The Balaban J connectivity index is 1.71. The highest BCUT2D eigenvalue weighted by molar-refractivity contribution is 7.17. The maximum absolute atomic E-state index is 10.7. The standard InChI is InChI=1S/C11H16N2O3S/c14-10(15)9-7-13-11(17-9)12-4-1-8-2-5-16-6-3-8/h7-8H,1-6H2,(H,12,13)(H,14,15). The van der Waals surface area contributed by atoms with Gasteiger partial charge in [0.25, 0.3) is 0 Å². The number of thiazole rings is 1. The Kier molecular flexibility index (Phi) is 4.33. The van der Waals surface area contributed by atoms with Crippen LogP contribution in [0.3, 0.4) is 0 Å². The van der Waals surface area contributed by atoms with E-state index in [0.717, 1.165) is 44.9 Å². The van der Waals surface area contributed by atoms with Gasteiger partial charge in [-0.15, -0.1) is 0 Å². The maximum atomic E-state index is 10.7. The van der Waals surface area contributed by atoms with Gasteiger partial charge < -0.3 is 15.2 Å². The highest BCUT2D eigenvalue weighted by Gasteiger charge is 2.13. The highest BCUT2D eigenvalue weighted by Crippen LogP contribution is 2.20. The van der Waals surface area contributed by atoms with Crippen LogP contribution in [-0.2, 0) is 4.74 Å². The number of hydrogen-bond donors (Lipinski definition) is 2. The number of aromatic nitrogens is 1. The molecular weight excluding hydrogens is 240 g/mol. The van der Waals surface area contributed by atoms with Gasteiger partial charge >= 0.3 is 5.97 Å². The minimum atomic E-state index is -0.917. The Hall–Kier alpha value is -1.14. The van der Waals surface area contributed by atoms with Crippen molar-refractivity contribution in [1.82, 2.24) is 4.98 Å². The zero-order valence-corrected chi connectivity index (χ0v) is 10.3. The Morgan fingerprint density at radius 3 is 3.00 bits per heavy atom. The van der Waals surface area contributed by atoms with E-state index in [-0.39, 0.29) is 4.88 Å². The van der Waals surface area contributed by atoms with Gasteiger partial charge in [0.2, 0.25) is 0 Å². The number of anilines is 1. The number of nitrogens with zero attached hydrogens (tertiary/aromatic N) is 1. The molecule has 1 fully saturated rings. The van der Waals surface area contributed by atoms with Crippen molar-refractivity contribution in [2.45, 2.75) is 19.3 Å². The van der Waals surface area contributed by atoms with E-state index in [9.17, 15) is 4.79 Å². The quantitative estimate of drug-likeness (QED) is 0.843. The summed E-state index contributed by atoms with van der Waals surface area (Å²) in [7, 11) is 0. The molecule has 5 nitrogen and oxygen atoms in total. The van der Waals surface area contributed by atoms with Crippen LogP contribution in [0.1, 0.15) is 28.9 Å². The van der Waals surface area contributed by atoms with Crippen molar-refractivity contribution in [3.8, 4) is 0 Å². The van der Waals surface area contributed by atoms with E-state index in [2.05, 4.69) is 10.3 Å². The molecule has 2 rings (SSSR count). The van der Waals surface area contributed by atoms with Gasteiger partial charge in [-0.1, -0.05) is 11.3 Å². The van der Waals surface area contributed by atoms with Crippen LogP contribution >= 0.6 is 11.3 Å². The second kappa shape index (κ2) is 5.97. The van der Waals surface area contributed by atoms with Crippen LogP contribution in [0.5, 0.6) is 0 Å². The van der Waals surface area contributed by atoms with Crippen molar-refractivity contribution >= 4 is 22.4 Å². The molecule has 1 aliphatic heterocycles. The number of hydrogen-bond acceptors (Lipinski definition) is 5. The maximum Gasteiger partial charge on any atom is 0.347 e. The summed E-state index contributed by atoms with van der Waals surface area (Å²) >= 11 is 1.18. The van der Waals surface area contributed by atoms with Crippen LogP contribution in [0.25, 0.3) is 0 Å². The summed E-state index contributed by atoms with van der Waals surface area (Å²) in [5.74, 6) is -0.199. The van der Waals surface area contributed by atoms with Gasteiger partial charge in [0.1, 0.15) is 4.88 Å². The lowest BCUT2D eigenvalue weighted by Gasteiger charge is -2.21. The summed E-state index contributed by atoms with van der Waals surface area (Å²) < 4.78 is 5.30. The smallest absolute Gasteiger partial charge is 0.347 e. The van der Waals surface area contributed by atoms with Gasteiger partial charge in [0.15, 0.2) is 5.13 Å². The fraction of sp³-hybridized carbons (Fsp3) is 0.636. The molecule has 0 atom stereocenters. The molecule has 0 radical (unpaired) electrons. The third-order valence-electron chi connectivity index (χ3n) is 2.89. The fourth-order valence-corrected chi connectivity index (χ4v) is 2.55. The molecule has 2 N–H and O–H groups in total. The highest BCUT2D eigenvalue weighted by atomic mass is 32.1. The van der Waals surface area contributed by atoms with Crippen molar-refractivity contribution in [3.63, 3.8) is 0 Å². The number of ether oxygens (including phenoxy) is 1. The molecule has 0 aromatic carbocycles. The van der Waals surface area contributed by atoms with Crippen LogP contribution in [0.4, 0.5) is 5.13 Å². The number of carboxylic acids is 1. The molecule has 1 aromatic rings. The van der Waals surface area contributed by atoms with Crippen molar-refractivity contribution in [2.24, 2.45) is 5.92 Å². The van der Waals surface area contributed by atoms with E-state index in [1.807, 2.05) is 0 Å².